The van der Waals surface area contributed by atoms with Crippen molar-refractivity contribution in [1.82, 2.24) is 0 Å². The summed E-state index contributed by atoms with van der Waals surface area (Å²) >= 11 is 0. The molecule has 35 heavy (non-hydrogen) atoms. The van der Waals surface area contributed by atoms with Crippen LogP contribution in [0.2, 0.25) is 0 Å². The first-order chi connectivity index (χ1) is 16.8. The standard InChI is InChI=1S/C33H46N2/c1-8-11-14-15-27-22-32(28-18-23(4)30(16-12-9-2)24(5)19-28)35(34)33(27)29-20-25(6)31(17-13-10-3)26(7)21-29/h18-22H,8-17H2,1-7H3. The normalized spacial score (nSPS) is 13.7. The predicted octanol–water partition coefficient (Wildman–Crippen LogP) is 9.99. The Balaban J connectivity index is 2.02. The van der Waals surface area contributed by atoms with E-state index in [2.05, 4.69) is 78.8 Å². The number of benzene rings is 2. The van der Waals surface area contributed by atoms with E-state index in [-0.39, 0.29) is 0 Å². The van der Waals surface area contributed by atoms with E-state index in [1.165, 1.54) is 82.2 Å². The van der Waals surface area contributed by atoms with E-state index >= 15 is 0 Å². The van der Waals surface area contributed by atoms with Crippen LogP contribution in [0.3, 0.4) is 0 Å². The highest BCUT2D eigenvalue weighted by Crippen LogP contribution is 2.39. The highest BCUT2D eigenvalue weighted by atomic mass is 15.2. The van der Waals surface area contributed by atoms with Crippen LogP contribution in [0.5, 0.6) is 0 Å². The zero-order chi connectivity index (χ0) is 25.5. The summed E-state index contributed by atoms with van der Waals surface area (Å²) in [4.78, 5) is 0. The summed E-state index contributed by atoms with van der Waals surface area (Å²) in [5, 5.41) is 0. The minimum absolute atomic E-state index is 0.908. The largest absolute Gasteiger partial charge is 0.493 e. The quantitative estimate of drug-likeness (QED) is 0.218. The molecule has 0 radical (unpaired) electrons. The van der Waals surface area contributed by atoms with E-state index in [1.807, 2.05) is 0 Å². The summed E-state index contributed by atoms with van der Waals surface area (Å²) in [5.41, 5.74) is 25.2. The van der Waals surface area contributed by atoms with Crippen molar-refractivity contribution in [2.45, 2.75) is 113 Å². The molecule has 0 aromatic heterocycles. The smallest absolute Gasteiger partial charge is 0.210 e. The lowest BCUT2D eigenvalue weighted by Gasteiger charge is -2.16. The van der Waals surface area contributed by atoms with E-state index in [1.54, 1.807) is 0 Å². The van der Waals surface area contributed by atoms with Gasteiger partial charge in [-0.1, -0.05) is 46.5 Å². The van der Waals surface area contributed by atoms with Crippen LogP contribution in [-0.4, -0.2) is 4.70 Å². The van der Waals surface area contributed by atoms with Crippen LogP contribution in [0.25, 0.3) is 16.9 Å². The third-order valence-corrected chi connectivity index (χ3v) is 7.63. The number of rotatable bonds is 12. The Morgan fingerprint density at radius 1 is 0.600 bits per heavy atom. The lowest BCUT2D eigenvalue weighted by atomic mass is 9.93. The SMILES string of the molecule is CCCCCC1=C(c2cc(C)c(CCCC)c(C)c2)[N+](=[N-])C(c2cc(C)c(CCCC)c(C)c2)=C1. The first kappa shape index (κ1) is 27.1. The number of hydrogen-bond acceptors (Lipinski definition) is 0. The molecular weight excluding hydrogens is 424 g/mol. The molecule has 1 aliphatic heterocycles. The molecule has 1 aliphatic rings. The highest BCUT2D eigenvalue weighted by Gasteiger charge is 2.29. The molecule has 0 bridgehead atoms. The zero-order valence-electron chi connectivity index (χ0n) is 23.4. The lowest BCUT2D eigenvalue weighted by molar-refractivity contribution is -0.344. The first-order valence-corrected chi connectivity index (χ1v) is 14.0. The third kappa shape index (κ3) is 6.21. The van der Waals surface area contributed by atoms with Crippen LogP contribution in [0, 0.1) is 27.7 Å². The van der Waals surface area contributed by atoms with Gasteiger partial charge in [0.1, 0.15) is 0 Å². The van der Waals surface area contributed by atoms with Gasteiger partial charge in [-0.3, -0.25) is 0 Å². The maximum atomic E-state index is 11.6. The first-order valence-electron chi connectivity index (χ1n) is 14.0. The molecule has 1 heterocycles. The van der Waals surface area contributed by atoms with Crippen molar-refractivity contribution in [2.75, 3.05) is 0 Å². The highest BCUT2D eigenvalue weighted by molar-refractivity contribution is 5.79. The molecule has 0 amide bonds. The van der Waals surface area contributed by atoms with E-state index in [4.69, 9.17) is 0 Å². The maximum absolute atomic E-state index is 11.6. The van der Waals surface area contributed by atoms with Crippen LogP contribution in [0.1, 0.15) is 117 Å². The number of allylic oxidation sites excluding steroid dienone is 2. The van der Waals surface area contributed by atoms with E-state index < -0.39 is 0 Å². The summed E-state index contributed by atoms with van der Waals surface area (Å²) in [6.45, 7) is 15.6. The fourth-order valence-electron chi connectivity index (χ4n) is 5.59. The van der Waals surface area contributed by atoms with E-state index in [9.17, 15) is 5.53 Å². The second-order valence-corrected chi connectivity index (χ2v) is 10.6. The van der Waals surface area contributed by atoms with E-state index in [0.29, 0.717) is 0 Å². The second-order valence-electron chi connectivity index (χ2n) is 10.6. The van der Waals surface area contributed by atoms with Crippen molar-refractivity contribution in [3.05, 3.63) is 86.0 Å². The van der Waals surface area contributed by atoms with Gasteiger partial charge in [0.05, 0.1) is 0 Å². The Hall–Kier alpha value is -2.48. The van der Waals surface area contributed by atoms with Gasteiger partial charge in [-0.15, -0.1) is 0 Å². The molecule has 188 valence electrons. The number of hydrogen-bond donors (Lipinski definition) is 0. The van der Waals surface area contributed by atoms with Crippen LogP contribution in [0.4, 0.5) is 0 Å². The average Bonchev–Trinajstić information content (AvgIpc) is 3.14. The molecule has 0 unspecified atom stereocenters. The molecule has 2 aromatic carbocycles. The van der Waals surface area contributed by atoms with Crippen LogP contribution < -0.4 is 0 Å². The summed E-state index contributed by atoms with van der Waals surface area (Å²) in [5.74, 6) is 0. The maximum Gasteiger partial charge on any atom is 0.210 e. The van der Waals surface area contributed by atoms with Gasteiger partial charge in [-0.25, -0.2) is 4.70 Å². The minimum atomic E-state index is 0.908. The van der Waals surface area contributed by atoms with Gasteiger partial charge >= 0.3 is 0 Å². The molecule has 0 atom stereocenters. The van der Waals surface area contributed by atoms with Gasteiger partial charge in [0.15, 0.2) is 0 Å². The Morgan fingerprint density at radius 3 is 1.51 bits per heavy atom. The van der Waals surface area contributed by atoms with Gasteiger partial charge < -0.3 is 5.53 Å². The Labute approximate surface area is 214 Å². The topological polar surface area (TPSA) is 25.3 Å². The van der Waals surface area contributed by atoms with E-state index in [0.717, 1.165) is 48.2 Å². The number of unbranched alkanes of at least 4 members (excludes halogenated alkanes) is 4. The molecule has 0 saturated heterocycles. The molecule has 0 fully saturated rings. The van der Waals surface area contributed by atoms with Crippen molar-refractivity contribution >= 4 is 11.4 Å². The van der Waals surface area contributed by atoms with Crippen LogP contribution in [0.15, 0.2) is 35.9 Å². The lowest BCUT2D eigenvalue weighted by Crippen LogP contribution is -2.05. The summed E-state index contributed by atoms with van der Waals surface area (Å²) < 4.78 is 1.47. The van der Waals surface area contributed by atoms with Crippen LogP contribution >= 0.6 is 0 Å². The fourth-order valence-corrected chi connectivity index (χ4v) is 5.59. The molecule has 0 saturated carbocycles. The van der Waals surface area contributed by atoms with Gasteiger partial charge in [-0.05, 0) is 124 Å². The Kier molecular flexibility index (Phi) is 9.66. The summed E-state index contributed by atoms with van der Waals surface area (Å²) in [6.07, 6.45) is 13.9. The van der Waals surface area contributed by atoms with Crippen molar-refractivity contribution in [1.29, 1.82) is 0 Å². The van der Waals surface area contributed by atoms with Gasteiger partial charge in [0, 0.05) is 22.8 Å². The molecule has 0 N–H and O–H groups in total. The molecule has 3 rings (SSSR count). The molecule has 0 aliphatic carbocycles. The van der Waals surface area contributed by atoms with Crippen molar-refractivity contribution in [2.24, 2.45) is 0 Å². The zero-order valence-corrected chi connectivity index (χ0v) is 23.4. The monoisotopic (exact) mass is 470 g/mol. The summed E-state index contributed by atoms with van der Waals surface area (Å²) in [6, 6.07) is 9.11. The number of aryl methyl sites for hydroxylation is 4. The Morgan fingerprint density at radius 2 is 1.06 bits per heavy atom. The fraction of sp³-hybridized carbons (Fsp3) is 0.515. The molecule has 2 heteroatoms. The van der Waals surface area contributed by atoms with Gasteiger partial charge in [0.25, 0.3) is 0 Å². The average molecular weight is 471 g/mol. The molecular formula is C33H46N2. The predicted molar refractivity (Wildman–Crippen MR) is 152 cm³/mol. The molecule has 2 nitrogen and oxygen atoms in total. The summed E-state index contributed by atoms with van der Waals surface area (Å²) in [7, 11) is 0. The van der Waals surface area contributed by atoms with Crippen molar-refractivity contribution in [3.63, 3.8) is 0 Å². The minimum Gasteiger partial charge on any atom is -0.493 e. The molecule has 0 spiro atoms. The van der Waals surface area contributed by atoms with Crippen molar-refractivity contribution in [3.8, 4) is 0 Å². The Bertz CT molecular complexity index is 1080. The van der Waals surface area contributed by atoms with Crippen molar-refractivity contribution < 1.29 is 4.70 Å². The second kappa shape index (κ2) is 12.5. The van der Waals surface area contributed by atoms with Gasteiger partial charge in [0.2, 0.25) is 11.4 Å². The number of nitrogens with zero attached hydrogens (tertiary/aromatic N) is 2. The molecule has 2 aromatic rings. The third-order valence-electron chi connectivity index (χ3n) is 7.63. The van der Waals surface area contributed by atoms with Gasteiger partial charge in [-0.2, -0.15) is 0 Å². The van der Waals surface area contributed by atoms with Crippen LogP contribution in [-0.2, 0) is 12.8 Å².